The summed E-state index contributed by atoms with van der Waals surface area (Å²) in [5.41, 5.74) is -0.847. The maximum Gasteiger partial charge on any atom is 0.124 e. The van der Waals surface area contributed by atoms with Crippen LogP contribution in [0.2, 0.25) is 0 Å². The highest BCUT2D eigenvalue weighted by molar-refractivity contribution is 5.62. The predicted octanol–water partition coefficient (Wildman–Crippen LogP) is 2.28. The van der Waals surface area contributed by atoms with Crippen LogP contribution in [-0.4, -0.2) is 18.9 Å². The van der Waals surface area contributed by atoms with E-state index in [1.54, 1.807) is 6.92 Å². The molecule has 0 aromatic carbocycles. The van der Waals surface area contributed by atoms with Crippen LogP contribution in [0, 0.1) is 22.7 Å². The third-order valence-corrected chi connectivity index (χ3v) is 3.77. The van der Waals surface area contributed by atoms with Crippen LogP contribution in [0.4, 0.5) is 0 Å². The fraction of sp³-hybridized carbons (Fsp3) is 0.769. The van der Waals surface area contributed by atoms with Crippen molar-refractivity contribution in [3.63, 3.8) is 0 Å². The molecule has 0 saturated carbocycles. The molecular weight excluding hydrogens is 204 g/mol. The van der Waals surface area contributed by atoms with Crippen LogP contribution in [0.5, 0.6) is 0 Å². The summed E-state index contributed by atoms with van der Waals surface area (Å²) < 4.78 is 0. The van der Waals surface area contributed by atoms with Gasteiger partial charge in [-0.2, -0.15) is 0 Å². The molecule has 0 bridgehead atoms. The highest BCUT2D eigenvalue weighted by atomic mass is 16.1. The lowest BCUT2D eigenvalue weighted by atomic mass is 9.60. The minimum absolute atomic E-state index is 0.214. The summed E-state index contributed by atoms with van der Waals surface area (Å²) in [5.74, 6) is -0.529. The molecule has 0 spiro atoms. The fourth-order valence-corrected chi connectivity index (χ4v) is 2.17. The molecule has 3 nitrogen and oxygen atoms in total. The Morgan fingerprint density at radius 1 is 1.00 bits per heavy atom. The second-order valence-corrected chi connectivity index (χ2v) is 5.72. The Kier molecular flexibility index (Phi) is 5.04. The van der Waals surface area contributed by atoms with Crippen LogP contribution >= 0.6 is 0 Å². The molecule has 0 aromatic rings. The SMILES string of the molecule is CC(C=O)C(C)(C)C(C=O)C(C)(C)CC=O. The highest BCUT2D eigenvalue weighted by Gasteiger charge is 2.43. The number of rotatable bonds is 7. The minimum Gasteiger partial charge on any atom is -0.303 e. The van der Waals surface area contributed by atoms with Crippen LogP contribution in [0.1, 0.15) is 41.0 Å². The van der Waals surface area contributed by atoms with Gasteiger partial charge >= 0.3 is 0 Å². The number of hydrogen-bond donors (Lipinski definition) is 0. The second kappa shape index (κ2) is 5.37. The zero-order valence-electron chi connectivity index (χ0n) is 10.8. The molecule has 0 N–H and O–H groups in total. The van der Waals surface area contributed by atoms with Gasteiger partial charge in [-0.1, -0.05) is 34.6 Å². The predicted molar refractivity (Wildman–Crippen MR) is 63.0 cm³/mol. The summed E-state index contributed by atoms with van der Waals surface area (Å²) in [6.07, 6.45) is 2.90. The van der Waals surface area contributed by atoms with Gasteiger partial charge < -0.3 is 14.4 Å². The Morgan fingerprint density at radius 3 is 1.81 bits per heavy atom. The lowest BCUT2D eigenvalue weighted by Crippen LogP contribution is -2.42. The Bertz CT molecular complexity index is 266. The van der Waals surface area contributed by atoms with Crippen LogP contribution in [0.3, 0.4) is 0 Å². The molecule has 0 rings (SSSR count). The van der Waals surface area contributed by atoms with E-state index >= 15 is 0 Å². The monoisotopic (exact) mass is 226 g/mol. The van der Waals surface area contributed by atoms with Crippen molar-refractivity contribution in [3.8, 4) is 0 Å². The highest BCUT2D eigenvalue weighted by Crippen LogP contribution is 2.44. The molecule has 92 valence electrons. The van der Waals surface area contributed by atoms with Crippen molar-refractivity contribution in [1.82, 2.24) is 0 Å². The van der Waals surface area contributed by atoms with E-state index in [0.29, 0.717) is 6.42 Å². The van der Waals surface area contributed by atoms with Gasteiger partial charge in [0.25, 0.3) is 0 Å². The summed E-state index contributed by atoms with van der Waals surface area (Å²) >= 11 is 0. The van der Waals surface area contributed by atoms with Crippen molar-refractivity contribution < 1.29 is 14.4 Å². The number of hydrogen-bond acceptors (Lipinski definition) is 3. The number of aldehydes is 3. The zero-order chi connectivity index (χ0) is 13.0. The van der Waals surface area contributed by atoms with Gasteiger partial charge in [0.15, 0.2) is 0 Å². The van der Waals surface area contributed by atoms with E-state index in [9.17, 15) is 14.4 Å². The second-order valence-electron chi connectivity index (χ2n) is 5.72. The molecule has 0 aliphatic heterocycles. The van der Waals surface area contributed by atoms with Gasteiger partial charge in [0.2, 0.25) is 0 Å². The van der Waals surface area contributed by atoms with Crippen molar-refractivity contribution in [2.45, 2.75) is 41.0 Å². The lowest BCUT2D eigenvalue weighted by molar-refractivity contribution is -0.126. The third-order valence-electron chi connectivity index (χ3n) is 3.77. The number of carbonyl (C=O) groups excluding carboxylic acids is 3. The zero-order valence-corrected chi connectivity index (χ0v) is 10.8. The van der Waals surface area contributed by atoms with Gasteiger partial charge in [-0.15, -0.1) is 0 Å². The van der Waals surface area contributed by atoms with Crippen LogP contribution in [0.25, 0.3) is 0 Å². The maximum atomic E-state index is 11.3. The Morgan fingerprint density at radius 2 is 1.50 bits per heavy atom. The van der Waals surface area contributed by atoms with Crippen molar-refractivity contribution in [1.29, 1.82) is 0 Å². The molecule has 0 saturated heterocycles. The van der Waals surface area contributed by atoms with E-state index in [1.165, 1.54) is 0 Å². The maximum absolute atomic E-state index is 11.3. The van der Waals surface area contributed by atoms with Crippen molar-refractivity contribution in [2.75, 3.05) is 0 Å². The lowest BCUT2D eigenvalue weighted by Gasteiger charge is -2.42. The fourth-order valence-electron chi connectivity index (χ4n) is 2.17. The average Bonchev–Trinajstić information content (AvgIpc) is 2.16. The quantitative estimate of drug-likeness (QED) is 0.626. The first kappa shape index (κ1) is 15.0. The first-order chi connectivity index (χ1) is 7.23. The standard InChI is InChI=1S/C13H22O3/c1-10(8-15)13(4,5)11(9-16)12(2,3)6-7-14/h7-11H,6H2,1-5H3. The molecule has 0 radical (unpaired) electrons. The summed E-state index contributed by atoms with van der Waals surface area (Å²) in [6.45, 7) is 9.38. The van der Waals surface area contributed by atoms with E-state index < -0.39 is 10.8 Å². The average molecular weight is 226 g/mol. The summed E-state index contributed by atoms with van der Waals surface area (Å²) in [5, 5.41) is 0. The van der Waals surface area contributed by atoms with Crippen molar-refractivity contribution in [3.05, 3.63) is 0 Å². The van der Waals surface area contributed by atoms with E-state index in [-0.39, 0.29) is 11.8 Å². The molecule has 0 amide bonds. The van der Waals surface area contributed by atoms with Gasteiger partial charge in [-0.3, -0.25) is 0 Å². The minimum atomic E-state index is -0.435. The van der Waals surface area contributed by atoms with E-state index in [1.807, 2.05) is 27.7 Å². The summed E-state index contributed by atoms with van der Waals surface area (Å²) in [4.78, 5) is 32.8. The first-order valence-corrected chi connectivity index (χ1v) is 5.58. The topological polar surface area (TPSA) is 51.2 Å². The smallest absolute Gasteiger partial charge is 0.124 e. The molecule has 0 aromatic heterocycles. The van der Waals surface area contributed by atoms with Gasteiger partial charge in [-0.25, -0.2) is 0 Å². The van der Waals surface area contributed by atoms with Gasteiger partial charge in [0.1, 0.15) is 18.9 Å². The largest absolute Gasteiger partial charge is 0.303 e. The molecule has 3 heteroatoms. The molecule has 2 atom stereocenters. The first-order valence-electron chi connectivity index (χ1n) is 5.58. The van der Waals surface area contributed by atoms with Crippen LogP contribution in [-0.2, 0) is 14.4 Å². The van der Waals surface area contributed by atoms with Gasteiger partial charge in [0.05, 0.1) is 0 Å². The van der Waals surface area contributed by atoms with Crippen molar-refractivity contribution >= 4 is 18.9 Å². The molecule has 0 aliphatic carbocycles. The van der Waals surface area contributed by atoms with E-state index in [0.717, 1.165) is 18.9 Å². The van der Waals surface area contributed by atoms with Crippen LogP contribution in [0.15, 0.2) is 0 Å². The Hall–Kier alpha value is -0.990. The number of carbonyl (C=O) groups is 3. The van der Waals surface area contributed by atoms with Crippen LogP contribution < -0.4 is 0 Å². The summed E-state index contributed by atoms with van der Waals surface area (Å²) in [7, 11) is 0. The normalized spacial score (nSPS) is 16.3. The third kappa shape index (κ3) is 3.00. The molecule has 2 unspecified atom stereocenters. The molecule has 16 heavy (non-hydrogen) atoms. The van der Waals surface area contributed by atoms with E-state index in [2.05, 4.69) is 0 Å². The van der Waals surface area contributed by atoms with Gasteiger partial charge in [-0.05, 0) is 10.8 Å². The molecular formula is C13H22O3. The Labute approximate surface area is 97.6 Å². The molecule has 0 aliphatic rings. The molecule has 0 fully saturated rings. The van der Waals surface area contributed by atoms with E-state index in [4.69, 9.17) is 0 Å². The van der Waals surface area contributed by atoms with Gasteiger partial charge in [0, 0.05) is 18.3 Å². The summed E-state index contributed by atoms with van der Waals surface area (Å²) in [6, 6.07) is 0. The molecule has 0 heterocycles. The Balaban J connectivity index is 5.19. The van der Waals surface area contributed by atoms with Crippen molar-refractivity contribution in [2.24, 2.45) is 22.7 Å².